The zero-order valence-corrected chi connectivity index (χ0v) is 20.5. The van der Waals surface area contributed by atoms with E-state index in [1.54, 1.807) is 11.8 Å². The lowest BCUT2D eigenvalue weighted by molar-refractivity contribution is -0.113. The van der Waals surface area contributed by atoms with Gasteiger partial charge in [0, 0.05) is 10.6 Å². The van der Waals surface area contributed by atoms with Crippen molar-refractivity contribution in [1.82, 2.24) is 10.2 Å². The first-order chi connectivity index (χ1) is 15.0. The number of nitriles is 1. The summed E-state index contributed by atoms with van der Waals surface area (Å²) in [7, 11) is 0. The molecule has 0 aliphatic heterocycles. The zero-order valence-electron chi connectivity index (χ0n) is 17.2. The molecule has 9 heteroatoms. The van der Waals surface area contributed by atoms with Crippen LogP contribution in [0.15, 0.2) is 62.1 Å². The van der Waals surface area contributed by atoms with Crippen LogP contribution in [-0.4, -0.2) is 27.6 Å². The maximum atomic E-state index is 12.3. The van der Waals surface area contributed by atoms with E-state index in [9.17, 15) is 4.79 Å². The molecule has 1 aromatic heterocycles. The number of nitrogens with zero attached hydrogens (tertiary/aromatic N) is 3. The predicted octanol–water partition coefficient (Wildman–Crippen LogP) is 6.30. The minimum absolute atomic E-state index is 0.107. The Labute approximate surface area is 199 Å². The molecule has 1 N–H and O–H groups in total. The summed E-state index contributed by atoms with van der Waals surface area (Å²) >= 11 is 5.95. The van der Waals surface area contributed by atoms with Crippen molar-refractivity contribution >= 4 is 58.2 Å². The maximum absolute atomic E-state index is 12.3. The van der Waals surface area contributed by atoms with Crippen LogP contribution < -0.4 is 5.32 Å². The van der Waals surface area contributed by atoms with Gasteiger partial charge in [0.2, 0.25) is 5.91 Å². The molecule has 0 radical (unpaired) electrons. The summed E-state index contributed by atoms with van der Waals surface area (Å²) in [4.78, 5) is 13.2. The van der Waals surface area contributed by atoms with Gasteiger partial charge in [0.1, 0.15) is 0 Å². The van der Waals surface area contributed by atoms with Gasteiger partial charge in [-0.2, -0.15) is 5.26 Å². The number of benzene rings is 2. The first kappa shape index (κ1) is 23.7. The minimum Gasteiger partial charge on any atom is -0.324 e. The molecule has 5 nitrogen and oxygen atoms in total. The molecule has 0 atom stereocenters. The van der Waals surface area contributed by atoms with E-state index in [1.165, 1.54) is 46.0 Å². The number of hydrogen-bond donors (Lipinski definition) is 1. The second-order valence-electron chi connectivity index (χ2n) is 6.80. The van der Waals surface area contributed by atoms with Crippen molar-refractivity contribution in [1.29, 1.82) is 5.26 Å². The van der Waals surface area contributed by atoms with Crippen LogP contribution in [0.25, 0.3) is 0 Å². The molecular formula is C22H22N4OS4. The van der Waals surface area contributed by atoms with Gasteiger partial charge in [-0.3, -0.25) is 4.79 Å². The molecule has 3 rings (SSSR count). The van der Waals surface area contributed by atoms with Crippen molar-refractivity contribution in [3.8, 4) is 6.07 Å². The number of carbonyl (C=O) groups is 1. The average Bonchev–Trinajstić information content (AvgIpc) is 3.24. The van der Waals surface area contributed by atoms with Crippen molar-refractivity contribution in [2.45, 2.75) is 39.1 Å². The van der Waals surface area contributed by atoms with E-state index >= 15 is 0 Å². The highest BCUT2D eigenvalue weighted by Gasteiger charge is 2.11. The second-order valence-corrected chi connectivity index (χ2v) is 11.2. The average molecular weight is 487 g/mol. The van der Waals surface area contributed by atoms with Gasteiger partial charge < -0.3 is 5.32 Å². The van der Waals surface area contributed by atoms with Crippen molar-refractivity contribution in [3.05, 3.63) is 59.7 Å². The molecule has 0 aliphatic rings. The van der Waals surface area contributed by atoms with Crippen LogP contribution in [0.3, 0.4) is 0 Å². The SMILES string of the molecule is CC(C)c1ccc(CSc2nnc(SCC(=O)Nc3ccccc3SCC#N)s2)cc1. The number of rotatable bonds is 10. The molecule has 0 saturated carbocycles. The summed E-state index contributed by atoms with van der Waals surface area (Å²) in [5, 5.41) is 20.1. The summed E-state index contributed by atoms with van der Waals surface area (Å²) < 4.78 is 1.68. The van der Waals surface area contributed by atoms with Crippen LogP contribution >= 0.6 is 46.6 Å². The van der Waals surface area contributed by atoms with Crippen LogP contribution in [0.4, 0.5) is 5.69 Å². The largest absolute Gasteiger partial charge is 0.324 e. The summed E-state index contributed by atoms with van der Waals surface area (Å²) in [5.74, 6) is 1.87. The summed E-state index contributed by atoms with van der Waals surface area (Å²) in [5.41, 5.74) is 3.32. The van der Waals surface area contributed by atoms with Crippen LogP contribution in [0.2, 0.25) is 0 Å². The fraction of sp³-hybridized carbons (Fsp3) is 0.273. The lowest BCUT2D eigenvalue weighted by atomic mass is 10.0. The molecule has 0 aliphatic carbocycles. The van der Waals surface area contributed by atoms with E-state index in [4.69, 9.17) is 5.26 Å². The van der Waals surface area contributed by atoms with Gasteiger partial charge in [-0.15, -0.1) is 22.0 Å². The van der Waals surface area contributed by atoms with Crippen LogP contribution in [0.5, 0.6) is 0 Å². The fourth-order valence-electron chi connectivity index (χ4n) is 2.58. The van der Waals surface area contributed by atoms with Crippen LogP contribution in [0, 0.1) is 11.3 Å². The summed E-state index contributed by atoms with van der Waals surface area (Å²) in [6.07, 6.45) is 0. The van der Waals surface area contributed by atoms with E-state index in [2.05, 4.69) is 59.7 Å². The standard InChI is InChI=1S/C22H22N4OS4/c1-15(2)17-9-7-16(8-10-17)13-29-21-25-26-22(31-21)30-14-20(27)24-18-5-3-4-6-19(18)28-12-11-23/h3-10,15H,12-14H2,1-2H3,(H,24,27). The Hall–Kier alpha value is -1.99. The molecule has 3 aromatic rings. The Morgan fingerprint density at radius 2 is 1.77 bits per heavy atom. The van der Waals surface area contributed by atoms with Crippen LogP contribution in [0.1, 0.15) is 30.9 Å². The second kappa shape index (κ2) is 12.2. The molecule has 1 amide bonds. The molecule has 0 spiro atoms. The first-order valence-electron chi connectivity index (χ1n) is 9.61. The predicted molar refractivity (Wildman–Crippen MR) is 132 cm³/mol. The topological polar surface area (TPSA) is 78.7 Å². The highest BCUT2D eigenvalue weighted by Crippen LogP contribution is 2.31. The van der Waals surface area contributed by atoms with E-state index in [0.29, 0.717) is 11.7 Å². The van der Waals surface area contributed by atoms with E-state index in [0.717, 1.165) is 25.0 Å². The third-order valence-corrected chi connectivity index (χ3v) is 8.38. The van der Waals surface area contributed by atoms with Gasteiger partial charge in [-0.25, -0.2) is 0 Å². The number of nitrogens with one attached hydrogen (secondary N) is 1. The van der Waals surface area contributed by atoms with Gasteiger partial charge in [-0.1, -0.05) is 85.1 Å². The normalized spacial score (nSPS) is 10.8. The van der Waals surface area contributed by atoms with Gasteiger partial charge in [-0.05, 0) is 29.2 Å². The van der Waals surface area contributed by atoms with Gasteiger partial charge in [0.25, 0.3) is 0 Å². The molecular weight excluding hydrogens is 465 g/mol. The van der Waals surface area contributed by atoms with E-state index < -0.39 is 0 Å². The van der Waals surface area contributed by atoms with Gasteiger partial charge in [0.15, 0.2) is 8.68 Å². The lowest BCUT2D eigenvalue weighted by Gasteiger charge is -2.08. The first-order valence-corrected chi connectivity index (χ1v) is 13.4. The number of thioether (sulfide) groups is 3. The third kappa shape index (κ3) is 7.58. The molecule has 0 unspecified atom stereocenters. The third-order valence-electron chi connectivity index (χ3n) is 4.18. The quantitative estimate of drug-likeness (QED) is 0.337. The monoisotopic (exact) mass is 486 g/mol. The van der Waals surface area contributed by atoms with Gasteiger partial charge in [0.05, 0.1) is 23.3 Å². The number of carbonyl (C=O) groups excluding carboxylic acids is 1. The van der Waals surface area contributed by atoms with E-state index in [1.807, 2.05) is 24.3 Å². The molecule has 0 bridgehead atoms. The van der Waals surface area contributed by atoms with Gasteiger partial charge >= 0.3 is 0 Å². The molecule has 0 fully saturated rings. The Balaban J connectivity index is 1.47. The summed E-state index contributed by atoms with van der Waals surface area (Å²) in [6, 6.07) is 18.3. The Bertz CT molecular complexity index is 1040. The maximum Gasteiger partial charge on any atom is 0.234 e. The fourth-order valence-corrected chi connectivity index (χ4v) is 6.02. The number of anilines is 1. The Kier molecular flexibility index (Phi) is 9.28. The van der Waals surface area contributed by atoms with Crippen molar-refractivity contribution in [2.75, 3.05) is 16.8 Å². The molecule has 1 heterocycles. The van der Waals surface area contributed by atoms with Crippen molar-refractivity contribution in [2.24, 2.45) is 0 Å². The molecule has 160 valence electrons. The minimum atomic E-state index is -0.107. The highest BCUT2D eigenvalue weighted by atomic mass is 32.2. The smallest absolute Gasteiger partial charge is 0.234 e. The molecule has 31 heavy (non-hydrogen) atoms. The Morgan fingerprint density at radius 3 is 2.48 bits per heavy atom. The Morgan fingerprint density at radius 1 is 1.06 bits per heavy atom. The number of para-hydroxylation sites is 1. The zero-order chi connectivity index (χ0) is 22.1. The van der Waals surface area contributed by atoms with Crippen LogP contribution in [-0.2, 0) is 10.5 Å². The number of aromatic nitrogens is 2. The molecule has 2 aromatic carbocycles. The van der Waals surface area contributed by atoms with E-state index in [-0.39, 0.29) is 11.7 Å². The highest BCUT2D eigenvalue weighted by molar-refractivity contribution is 8.03. The van der Waals surface area contributed by atoms with Crippen molar-refractivity contribution < 1.29 is 4.79 Å². The summed E-state index contributed by atoms with van der Waals surface area (Å²) in [6.45, 7) is 4.38. The van der Waals surface area contributed by atoms with Crippen molar-refractivity contribution in [3.63, 3.8) is 0 Å². The number of hydrogen-bond acceptors (Lipinski definition) is 8. The molecule has 0 saturated heterocycles. The lowest BCUT2D eigenvalue weighted by Crippen LogP contribution is -2.14. The number of amides is 1.